The number of H-pyrrole nitrogens is 2. The Bertz CT molecular complexity index is 1480. The second kappa shape index (κ2) is 9.05. The number of halogens is 3. The lowest BCUT2D eigenvalue weighted by Crippen LogP contribution is -2.45. The van der Waals surface area contributed by atoms with Gasteiger partial charge in [0, 0.05) is 34.3 Å². The predicted octanol–water partition coefficient (Wildman–Crippen LogP) is 5.53. The van der Waals surface area contributed by atoms with E-state index in [4.69, 9.17) is 17.0 Å². The number of carbonyl (C=O) groups excluding carboxylic acids is 1. The van der Waals surface area contributed by atoms with Crippen molar-refractivity contribution in [1.82, 2.24) is 20.2 Å². The lowest BCUT2D eigenvalue weighted by atomic mass is 10.0. The molecule has 5 rings (SSSR count). The summed E-state index contributed by atoms with van der Waals surface area (Å²) >= 11 is 4.98. The van der Waals surface area contributed by atoms with Gasteiger partial charge in [-0.05, 0) is 68.4 Å². The van der Waals surface area contributed by atoms with Crippen LogP contribution in [0.2, 0.25) is 0 Å². The van der Waals surface area contributed by atoms with Gasteiger partial charge in [0.05, 0.1) is 5.52 Å². The van der Waals surface area contributed by atoms with Crippen LogP contribution in [-0.2, 0) is 16.8 Å². The number of benzene rings is 2. The molecule has 7 nitrogen and oxygen atoms in total. The summed E-state index contributed by atoms with van der Waals surface area (Å²) in [4.78, 5) is 21.8. The number of hydrogen-bond acceptors (Lipinski definition) is 5. The number of nitrogens with one attached hydrogen (secondary N) is 2. The zero-order valence-corrected chi connectivity index (χ0v) is 20.0. The predicted molar refractivity (Wildman–Crippen MR) is 130 cm³/mol. The second-order valence-electron chi connectivity index (χ2n) is 8.91. The first kappa shape index (κ1) is 24.0. The lowest BCUT2D eigenvalue weighted by molar-refractivity contribution is -0.170. The molecule has 0 spiro atoms. The number of rotatable bonds is 7. The number of ether oxygens (including phenoxy) is 1. The van der Waals surface area contributed by atoms with Crippen molar-refractivity contribution in [3.63, 3.8) is 0 Å². The molecule has 11 heteroatoms. The van der Waals surface area contributed by atoms with Crippen LogP contribution in [0.15, 0.2) is 54.6 Å². The molecule has 0 saturated heterocycles. The molecule has 1 aliphatic carbocycles. The summed E-state index contributed by atoms with van der Waals surface area (Å²) in [5, 5.41) is 6.45. The van der Waals surface area contributed by atoms with Crippen LogP contribution in [0.1, 0.15) is 29.9 Å². The number of alkyl halides is 3. The van der Waals surface area contributed by atoms with Gasteiger partial charge in [0.15, 0.2) is 0 Å². The third kappa shape index (κ3) is 4.83. The standard InChI is InChI=1S/C25H22F3N5O2S/c1-15-12-16(19-4-2-3-5-20(19)29-15)13-35-18-8-6-17(7-9-18)33(22(34)25(26,27)28)14-24(10-11-24)21-30-23(36)32-31-21/h2-9,12H,10-11,13-14H2,1H3,(H2,30,31,32,36). The van der Waals surface area contributed by atoms with Crippen molar-refractivity contribution in [3.05, 3.63) is 76.5 Å². The summed E-state index contributed by atoms with van der Waals surface area (Å²) in [6.45, 7) is 1.99. The zero-order chi connectivity index (χ0) is 25.5. The van der Waals surface area contributed by atoms with E-state index in [1.54, 1.807) is 12.1 Å². The fraction of sp³-hybridized carbons (Fsp3) is 0.280. The molecule has 0 atom stereocenters. The number of amides is 1. The average Bonchev–Trinajstić information content (AvgIpc) is 3.51. The Labute approximate surface area is 209 Å². The lowest BCUT2D eigenvalue weighted by Gasteiger charge is -2.27. The number of aryl methyl sites for hydroxylation is 1. The summed E-state index contributed by atoms with van der Waals surface area (Å²) in [6, 6.07) is 15.7. The first-order valence-corrected chi connectivity index (χ1v) is 11.7. The molecule has 36 heavy (non-hydrogen) atoms. The number of fused-ring (bicyclic) bond motifs is 1. The smallest absolute Gasteiger partial charge is 0.471 e. The van der Waals surface area contributed by atoms with Crippen molar-refractivity contribution in [2.45, 2.75) is 38.0 Å². The van der Waals surface area contributed by atoms with Crippen LogP contribution >= 0.6 is 12.2 Å². The van der Waals surface area contributed by atoms with Crippen molar-refractivity contribution < 1.29 is 22.7 Å². The Morgan fingerprint density at radius 3 is 2.47 bits per heavy atom. The van der Waals surface area contributed by atoms with Crippen molar-refractivity contribution in [2.24, 2.45) is 0 Å². The van der Waals surface area contributed by atoms with Crippen molar-refractivity contribution >= 4 is 34.7 Å². The molecular weight excluding hydrogens is 491 g/mol. The number of nitrogens with zero attached hydrogens (tertiary/aromatic N) is 3. The SMILES string of the molecule is Cc1cc(COc2ccc(N(CC3(c4nc(=S)[nH][nH]4)CC3)C(=O)C(F)(F)F)cc2)c2ccccc2n1. The number of anilines is 1. The maximum atomic E-state index is 13.5. The largest absolute Gasteiger partial charge is 0.489 e. The highest BCUT2D eigenvalue weighted by Gasteiger charge is 2.52. The Balaban J connectivity index is 1.37. The molecule has 1 aliphatic rings. The topological polar surface area (TPSA) is 86.9 Å². The van der Waals surface area contributed by atoms with Gasteiger partial charge < -0.3 is 9.64 Å². The average molecular weight is 514 g/mol. The van der Waals surface area contributed by atoms with Gasteiger partial charge >= 0.3 is 12.1 Å². The zero-order valence-electron chi connectivity index (χ0n) is 19.2. The molecule has 2 N–H and O–H groups in total. The van der Waals surface area contributed by atoms with Crippen molar-refractivity contribution in [2.75, 3.05) is 11.4 Å². The molecule has 186 valence electrons. The highest BCUT2D eigenvalue weighted by Crippen LogP contribution is 2.48. The van der Waals surface area contributed by atoms with E-state index in [2.05, 4.69) is 20.2 Å². The van der Waals surface area contributed by atoms with Crippen LogP contribution in [-0.4, -0.2) is 38.8 Å². The summed E-state index contributed by atoms with van der Waals surface area (Å²) in [7, 11) is 0. The van der Waals surface area contributed by atoms with Gasteiger partial charge in [-0.1, -0.05) is 18.2 Å². The van der Waals surface area contributed by atoms with Gasteiger partial charge in [0.1, 0.15) is 18.2 Å². The van der Waals surface area contributed by atoms with Crippen LogP contribution < -0.4 is 9.64 Å². The van der Waals surface area contributed by atoms with E-state index in [1.165, 1.54) is 12.1 Å². The highest BCUT2D eigenvalue weighted by atomic mass is 32.1. The van der Waals surface area contributed by atoms with Gasteiger partial charge in [-0.15, -0.1) is 0 Å². The molecule has 2 aromatic carbocycles. The number of aromatic nitrogens is 4. The van der Waals surface area contributed by atoms with Crippen LogP contribution in [0.5, 0.6) is 5.75 Å². The minimum Gasteiger partial charge on any atom is -0.489 e. The fourth-order valence-electron chi connectivity index (χ4n) is 4.28. The van der Waals surface area contributed by atoms with Crippen LogP contribution in [0.25, 0.3) is 10.9 Å². The number of hydrogen-bond donors (Lipinski definition) is 2. The number of pyridine rings is 1. The maximum absolute atomic E-state index is 13.5. The minimum absolute atomic E-state index is 0.121. The van der Waals surface area contributed by atoms with Gasteiger partial charge in [-0.3, -0.25) is 20.0 Å². The quantitative estimate of drug-likeness (QED) is 0.318. The van der Waals surface area contributed by atoms with Crippen LogP contribution in [0.4, 0.5) is 18.9 Å². The van der Waals surface area contributed by atoms with Gasteiger partial charge in [-0.2, -0.15) is 13.2 Å². The minimum atomic E-state index is -5.02. The third-order valence-electron chi connectivity index (χ3n) is 6.28. The molecule has 0 bridgehead atoms. The summed E-state index contributed by atoms with van der Waals surface area (Å²) in [5.74, 6) is -1.02. The Morgan fingerprint density at radius 2 is 1.83 bits per heavy atom. The van der Waals surface area contributed by atoms with E-state index >= 15 is 0 Å². The third-order valence-corrected chi connectivity index (χ3v) is 6.47. The maximum Gasteiger partial charge on any atom is 0.471 e. The molecule has 2 heterocycles. The molecule has 1 fully saturated rings. The summed E-state index contributed by atoms with van der Waals surface area (Å²) in [5.41, 5.74) is 2.08. The molecule has 4 aromatic rings. The molecule has 0 radical (unpaired) electrons. The summed E-state index contributed by atoms with van der Waals surface area (Å²) in [6.07, 6.45) is -3.85. The van der Waals surface area contributed by atoms with Gasteiger partial charge in [0.2, 0.25) is 4.77 Å². The number of aromatic amines is 2. The molecular formula is C25H22F3N5O2S. The van der Waals surface area contributed by atoms with Gasteiger partial charge in [-0.25, -0.2) is 4.98 Å². The van der Waals surface area contributed by atoms with Crippen molar-refractivity contribution in [3.8, 4) is 5.75 Å². The molecule has 0 aliphatic heterocycles. The van der Waals surface area contributed by atoms with E-state index in [0.29, 0.717) is 24.4 Å². The molecule has 2 aromatic heterocycles. The van der Waals surface area contributed by atoms with E-state index < -0.39 is 17.5 Å². The Hall–Kier alpha value is -3.73. The number of carbonyl (C=O) groups is 1. The monoisotopic (exact) mass is 513 g/mol. The fourth-order valence-corrected chi connectivity index (χ4v) is 4.42. The van der Waals surface area contributed by atoms with E-state index in [0.717, 1.165) is 27.1 Å². The van der Waals surface area contributed by atoms with Crippen LogP contribution in [0, 0.1) is 11.7 Å². The molecule has 0 unspecified atom stereocenters. The first-order valence-electron chi connectivity index (χ1n) is 11.3. The number of para-hydroxylation sites is 1. The van der Waals surface area contributed by atoms with Gasteiger partial charge in [0.25, 0.3) is 0 Å². The van der Waals surface area contributed by atoms with E-state index in [9.17, 15) is 18.0 Å². The Morgan fingerprint density at radius 1 is 1.11 bits per heavy atom. The van der Waals surface area contributed by atoms with E-state index in [-0.39, 0.29) is 23.6 Å². The second-order valence-corrected chi connectivity index (χ2v) is 9.29. The molecule has 1 amide bonds. The first-order chi connectivity index (χ1) is 17.1. The van der Waals surface area contributed by atoms with Crippen LogP contribution in [0.3, 0.4) is 0 Å². The molecule has 1 saturated carbocycles. The Kier molecular flexibility index (Phi) is 6.03. The summed E-state index contributed by atoms with van der Waals surface area (Å²) < 4.78 is 46.5. The van der Waals surface area contributed by atoms with Crippen molar-refractivity contribution in [1.29, 1.82) is 0 Å². The normalized spacial score (nSPS) is 14.6. The highest BCUT2D eigenvalue weighted by molar-refractivity contribution is 7.71. The van der Waals surface area contributed by atoms with E-state index in [1.807, 2.05) is 37.3 Å².